The normalized spacial score (nSPS) is 10.4. The second-order valence-corrected chi connectivity index (χ2v) is 10.1. The van der Waals surface area contributed by atoms with Crippen LogP contribution in [0.3, 0.4) is 0 Å². The molecule has 0 atom stereocenters. The summed E-state index contributed by atoms with van der Waals surface area (Å²) in [6.07, 6.45) is 2.97. The first kappa shape index (κ1) is 31.5. The monoisotopic (exact) mass is 638 g/mol. The molecule has 6 aromatic rings. The molecule has 230 valence electrons. The summed E-state index contributed by atoms with van der Waals surface area (Å²) in [5.41, 5.74) is 3.04. The highest BCUT2D eigenvalue weighted by Crippen LogP contribution is 2.23. The van der Waals surface area contributed by atoms with E-state index in [-0.39, 0.29) is 28.7 Å². The van der Waals surface area contributed by atoms with E-state index in [1.54, 1.807) is 35.1 Å². The molecule has 0 unspecified atom stereocenters. The molecule has 0 spiro atoms. The number of nitrogens with zero attached hydrogens (tertiary/aromatic N) is 4. The molecule has 46 heavy (non-hydrogen) atoms. The Morgan fingerprint density at radius 3 is 1.48 bits per heavy atom. The van der Waals surface area contributed by atoms with Crippen molar-refractivity contribution in [1.82, 2.24) is 19.6 Å². The molecular weight excluding hydrogens is 614 g/mol. The van der Waals surface area contributed by atoms with Gasteiger partial charge in [0, 0.05) is 16.7 Å². The Hall–Kier alpha value is -5.94. The fourth-order valence-corrected chi connectivity index (χ4v) is 4.42. The Morgan fingerprint density at radius 2 is 1.02 bits per heavy atom. The quantitative estimate of drug-likeness (QED) is 0.180. The molecule has 0 fully saturated rings. The van der Waals surface area contributed by atoms with E-state index >= 15 is 0 Å². The van der Waals surface area contributed by atoms with E-state index in [9.17, 15) is 23.2 Å². The maximum absolute atomic E-state index is 13.0. The molecule has 0 saturated heterocycles. The zero-order valence-corrected chi connectivity index (χ0v) is 25.0. The van der Waals surface area contributed by atoms with Gasteiger partial charge in [-0.15, -0.1) is 0 Å². The van der Waals surface area contributed by atoms with Gasteiger partial charge in [-0.05, 0) is 91.3 Å². The molecule has 6 rings (SSSR count). The number of para-hydroxylation sites is 2. The molecule has 0 saturated carbocycles. The Bertz CT molecular complexity index is 1980. The summed E-state index contributed by atoms with van der Waals surface area (Å²) >= 11 is 5.57. The number of nitrogens with one attached hydrogen (secondary N) is 2. The minimum Gasteiger partial charge on any atom is -0.306 e. The third-order valence-corrected chi connectivity index (χ3v) is 6.81. The number of hydrogen-bond donors (Lipinski definition) is 2. The highest BCUT2D eigenvalue weighted by Gasteiger charge is 2.20. The molecule has 2 aromatic heterocycles. The van der Waals surface area contributed by atoms with E-state index in [1.807, 2.05) is 43.3 Å². The van der Waals surface area contributed by atoms with Crippen LogP contribution >= 0.6 is 11.6 Å². The Morgan fingerprint density at radius 1 is 0.609 bits per heavy atom. The maximum Gasteiger partial charge on any atom is 0.257 e. The lowest BCUT2D eigenvalue weighted by molar-refractivity contribution is 0.101. The minimum absolute atomic E-state index is 0.0657. The average Bonchev–Trinajstić information content (AvgIpc) is 3.66. The SMILES string of the molecule is Cc1cnn(-c2ccccc2)c1NC(=O)c1ccc(F)cc1.O=C(Nc1c(C(=O)Cl)cnn1-c1ccccc1)c1ccc(F)cc1. The van der Waals surface area contributed by atoms with E-state index < -0.39 is 17.0 Å². The summed E-state index contributed by atoms with van der Waals surface area (Å²) in [6, 6.07) is 28.9. The van der Waals surface area contributed by atoms with Crippen molar-refractivity contribution in [2.24, 2.45) is 0 Å². The van der Waals surface area contributed by atoms with E-state index in [0.717, 1.165) is 11.3 Å². The number of carbonyl (C=O) groups excluding carboxylic acids is 3. The lowest BCUT2D eigenvalue weighted by Gasteiger charge is -2.10. The van der Waals surface area contributed by atoms with E-state index in [4.69, 9.17) is 11.6 Å². The molecule has 2 N–H and O–H groups in total. The Labute approximate surface area is 267 Å². The number of amides is 2. The van der Waals surface area contributed by atoms with Gasteiger partial charge in [-0.2, -0.15) is 10.2 Å². The summed E-state index contributed by atoms with van der Waals surface area (Å²) in [6.45, 7) is 1.87. The second kappa shape index (κ2) is 14.2. The van der Waals surface area contributed by atoms with Gasteiger partial charge in [-0.25, -0.2) is 18.1 Å². The lowest BCUT2D eigenvalue weighted by atomic mass is 10.2. The third-order valence-electron chi connectivity index (χ3n) is 6.61. The summed E-state index contributed by atoms with van der Waals surface area (Å²) < 4.78 is 29.0. The number of aryl methyl sites for hydroxylation is 1. The van der Waals surface area contributed by atoms with Crippen LogP contribution in [0.25, 0.3) is 11.4 Å². The first-order valence-corrected chi connectivity index (χ1v) is 14.2. The number of halogens is 3. The van der Waals surface area contributed by atoms with Crippen LogP contribution < -0.4 is 10.6 Å². The van der Waals surface area contributed by atoms with Gasteiger partial charge < -0.3 is 10.6 Å². The number of anilines is 2. The Kier molecular flexibility index (Phi) is 9.74. The molecule has 0 bridgehead atoms. The van der Waals surface area contributed by atoms with Gasteiger partial charge in [0.25, 0.3) is 17.1 Å². The molecule has 9 nitrogen and oxygen atoms in total. The highest BCUT2D eigenvalue weighted by molar-refractivity contribution is 6.68. The minimum atomic E-state index is -0.744. The van der Waals surface area contributed by atoms with Crippen molar-refractivity contribution in [2.75, 3.05) is 10.6 Å². The Balaban J connectivity index is 0.000000182. The molecule has 0 radical (unpaired) electrons. The largest absolute Gasteiger partial charge is 0.306 e. The lowest BCUT2D eigenvalue weighted by Crippen LogP contribution is -2.16. The maximum atomic E-state index is 13.0. The zero-order chi connectivity index (χ0) is 32.6. The van der Waals surface area contributed by atoms with Crippen molar-refractivity contribution in [1.29, 1.82) is 0 Å². The van der Waals surface area contributed by atoms with Gasteiger partial charge in [-0.3, -0.25) is 14.4 Å². The molecule has 0 aliphatic heterocycles. The van der Waals surface area contributed by atoms with E-state index in [1.165, 1.54) is 59.4 Å². The third kappa shape index (κ3) is 7.40. The smallest absolute Gasteiger partial charge is 0.257 e. The van der Waals surface area contributed by atoms with Crippen molar-refractivity contribution >= 4 is 40.3 Å². The van der Waals surface area contributed by atoms with Gasteiger partial charge in [0.15, 0.2) is 0 Å². The number of rotatable bonds is 7. The average molecular weight is 639 g/mol. The van der Waals surface area contributed by atoms with Crippen molar-refractivity contribution in [3.8, 4) is 11.4 Å². The molecule has 0 aliphatic rings. The second-order valence-electron chi connectivity index (χ2n) is 9.77. The summed E-state index contributed by atoms with van der Waals surface area (Å²) in [5, 5.41) is 13.1. The van der Waals surface area contributed by atoms with Crippen LogP contribution in [0.4, 0.5) is 20.4 Å². The molecule has 2 heterocycles. The summed E-state index contributed by atoms with van der Waals surface area (Å²) in [4.78, 5) is 36.2. The fraction of sp³-hybridized carbons (Fsp3) is 0.0294. The molecule has 4 aromatic carbocycles. The van der Waals surface area contributed by atoms with Gasteiger partial charge in [-0.1, -0.05) is 36.4 Å². The topological polar surface area (TPSA) is 111 Å². The summed E-state index contributed by atoms with van der Waals surface area (Å²) in [5.74, 6) is -0.886. The molecule has 12 heteroatoms. The van der Waals surface area contributed by atoms with Gasteiger partial charge in [0.05, 0.1) is 29.3 Å². The zero-order valence-electron chi connectivity index (χ0n) is 24.2. The highest BCUT2D eigenvalue weighted by atomic mass is 35.5. The van der Waals surface area contributed by atoms with Crippen LogP contribution in [0.2, 0.25) is 0 Å². The number of hydrogen-bond acceptors (Lipinski definition) is 5. The van der Waals surface area contributed by atoms with Gasteiger partial charge in [0.1, 0.15) is 23.3 Å². The van der Waals surface area contributed by atoms with E-state index in [0.29, 0.717) is 17.1 Å². The molecular formula is C34H25ClF2N6O3. The van der Waals surface area contributed by atoms with Crippen LogP contribution in [-0.4, -0.2) is 36.6 Å². The van der Waals surface area contributed by atoms with Crippen LogP contribution in [0, 0.1) is 18.6 Å². The van der Waals surface area contributed by atoms with Crippen LogP contribution in [0.1, 0.15) is 36.6 Å². The van der Waals surface area contributed by atoms with Gasteiger partial charge >= 0.3 is 0 Å². The van der Waals surface area contributed by atoms with Crippen molar-refractivity contribution < 1.29 is 23.2 Å². The first-order valence-electron chi connectivity index (χ1n) is 13.8. The van der Waals surface area contributed by atoms with Crippen molar-refractivity contribution in [2.45, 2.75) is 6.92 Å². The van der Waals surface area contributed by atoms with Crippen LogP contribution in [-0.2, 0) is 0 Å². The molecule has 0 aliphatic carbocycles. The predicted molar refractivity (Wildman–Crippen MR) is 171 cm³/mol. The first-order chi connectivity index (χ1) is 22.2. The van der Waals surface area contributed by atoms with E-state index in [2.05, 4.69) is 20.8 Å². The molecule has 2 amide bonds. The predicted octanol–water partition coefficient (Wildman–Crippen LogP) is 7.21. The number of aromatic nitrogens is 4. The summed E-state index contributed by atoms with van der Waals surface area (Å²) in [7, 11) is 0. The standard InChI is InChI=1S/C17H11ClFN3O2.C17H14FN3O/c18-15(23)14-10-20-22(13-4-2-1-3-5-13)16(14)21-17(24)11-6-8-12(19)9-7-11;1-12-11-19-21(15-5-3-2-4-6-15)16(12)20-17(22)13-7-9-14(18)10-8-13/h1-10H,(H,21,24);2-11H,1H3,(H,20,22). The van der Waals surface area contributed by atoms with Crippen molar-refractivity contribution in [3.05, 3.63) is 155 Å². The number of benzene rings is 4. The fourth-order valence-electron chi connectivity index (χ4n) is 4.29. The van der Waals surface area contributed by atoms with Crippen LogP contribution in [0.5, 0.6) is 0 Å². The van der Waals surface area contributed by atoms with Crippen molar-refractivity contribution in [3.63, 3.8) is 0 Å². The van der Waals surface area contributed by atoms with Crippen LogP contribution in [0.15, 0.2) is 122 Å². The number of carbonyl (C=O) groups is 3. The van der Waals surface area contributed by atoms with Gasteiger partial charge in [0.2, 0.25) is 0 Å².